The zero-order valence-corrected chi connectivity index (χ0v) is 30.3. The lowest BCUT2D eigenvalue weighted by Gasteiger charge is -2.22. The molecule has 2 heterocycles. The van der Waals surface area contributed by atoms with Gasteiger partial charge in [-0.2, -0.15) is 5.26 Å². The summed E-state index contributed by atoms with van der Waals surface area (Å²) >= 11 is 0. The van der Waals surface area contributed by atoms with Gasteiger partial charge in [0.2, 0.25) is 0 Å². The Labute approximate surface area is 319 Å². The fourth-order valence-corrected chi connectivity index (χ4v) is 8.20. The van der Waals surface area contributed by atoms with Crippen molar-refractivity contribution in [2.45, 2.75) is 19.3 Å². The molecule has 0 atom stereocenters. The van der Waals surface area contributed by atoms with E-state index in [-0.39, 0.29) is 5.41 Å². The summed E-state index contributed by atoms with van der Waals surface area (Å²) in [7, 11) is 0. The molecule has 0 saturated carbocycles. The Kier molecular flexibility index (Phi) is 7.47. The molecule has 0 unspecified atom stereocenters. The normalized spacial score (nSPS) is 12.7. The predicted molar refractivity (Wildman–Crippen MR) is 222 cm³/mol. The van der Waals surface area contributed by atoms with Crippen LogP contribution in [0.15, 0.2) is 164 Å². The molecule has 2 aromatic heterocycles. The number of hydrogen-bond acceptors (Lipinski definition) is 5. The first-order valence-electron chi connectivity index (χ1n) is 18.4. The van der Waals surface area contributed by atoms with Crippen molar-refractivity contribution < 1.29 is 0 Å². The van der Waals surface area contributed by atoms with Gasteiger partial charge in [0.05, 0.1) is 11.6 Å². The second-order valence-corrected chi connectivity index (χ2v) is 14.7. The van der Waals surface area contributed by atoms with Crippen LogP contribution in [0.4, 0.5) is 0 Å². The monoisotopic (exact) mass is 703 g/mol. The van der Waals surface area contributed by atoms with Crippen LogP contribution in [0.1, 0.15) is 30.5 Å². The van der Waals surface area contributed by atoms with Crippen LogP contribution < -0.4 is 0 Å². The minimum absolute atomic E-state index is 0.268. The summed E-state index contributed by atoms with van der Waals surface area (Å²) in [5.74, 6) is 1.83. The van der Waals surface area contributed by atoms with Crippen LogP contribution in [0.5, 0.6) is 0 Å². The van der Waals surface area contributed by atoms with Gasteiger partial charge in [-0.15, -0.1) is 0 Å². The molecule has 258 valence electrons. The molecule has 9 aromatic rings. The molecule has 7 aromatic carbocycles. The third kappa shape index (κ3) is 5.47. The lowest BCUT2D eigenvalue weighted by atomic mass is 9.81. The highest BCUT2D eigenvalue weighted by Gasteiger charge is 2.36. The van der Waals surface area contributed by atoms with Crippen molar-refractivity contribution >= 4 is 21.5 Å². The van der Waals surface area contributed by atoms with E-state index in [1.54, 1.807) is 0 Å². The highest BCUT2D eigenvalue weighted by Crippen LogP contribution is 2.50. The van der Waals surface area contributed by atoms with Gasteiger partial charge in [0.25, 0.3) is 0 Å². The van der Waals surface area contributed by atoms with E-state index in [0.717, 1.165) is 55.1 Å². The van der Waals surface area contributed by atoms with Gasteiger partial charge >= 0.3 is 0 Å². The molecule has 5 nitrogen and oxygen atoms in total. The smallest absolute Gasteiger partial charge is 0.164 e. The maximum absolute atomic E-state index is 9.67. The van der Waals surface area contributed by atoms with Crippen LogP contribution in [0.25, 0.3) is 89.1 Å². The highest BCUT2D eigenvalue weighted by atomic mass is 15.0. The van der Waals surface area contributed by atoms with Crippen molar-refractivity contribution in [2.24, 2.45) is 0 Å². The molecule has 10 rings (SSSR count). The molecule has 1 aliphatic rings. The third-order valence-electron chi connectivity index (χ3n) is 11.0. The fraction of sp³-hybridized carbons (Fsp3) is 0.0600. The van der Waals surface area contributed by atoms with Gasteiger partial charge in [-0.25, -0.2) is 15.0 Å². The van der Waals surface area contributed by atoms with Crippen LogP contribution >= 0.6 is 0 Å². The average Bonchev–Trinajstić information content (AvgIpc) is 3.48. The maximum atomic E-state index is 9.67. The topological polar surface area (TPSA) is 75.3 Å². The number of aromatic nitrogens is 4. The van der Waals surface area contributed by atoms with Crippen LogP contribution in [0.3, 0.4) is 0 Å². The molecule has 0 radical (unpaired) electrons. The summed E-state index contributed by atoms with van der Waals surface area (Å²) in [6, 6.07) is 55.1. The van der Waals surface area contributed by atoms with Crippen LogP contribution in [0, 0.1) is 11.3 Å². The number of pyridine rings is 1. The van der Waals surface area contributed by atoms with E-state index >= 15 is 0 Å². The van der Waals surface area contributed by atoms with E-state index in [4.69, 9.17) is 15.0 Å². The average molecular weight is 704 g/mol. The van der Waals surface area contributed by atoms with Crippen molar-refractivity contribution in [2.75, 3.05) is 0 Å². The Morgan fingerprint density at radius 3 is 1.80 bits per heavy atom. The zero-order chi connectivity index (χ0) is 37.1. The molecular weight excluding hydrogens is 671 g/mol. The minimum Gasteiger partial charge on any atom is -0.265 e. The van der Waals surface area contributed by atoms with Gasteiger partial charge in [0.15, 0.2) is 17.5 Å². The number of nitrogens with zero attached hydrogens (tertiary/aromatic N) is 5. The number of rotatable bonds is 5. The van der Waals surface area contributed by atoms with Gasteiger partial charge in [-0.05, 0) is 121 Å². The van der Waals surface area contributed by atoms with Crippen molar-refractivity contribution in [3.05, 3.63) is 181 Å². The largest absolute Gasteiger partial charge is 0.265 e. The van der Waals surface area contributed by atoms with Gasteiger partial charge in [0.1, 0.15) is 0 Å². The summed E-state index contributed by atoms with van der Waals surface area (Å²) in [6.45, 7) is 4.49. The molecule has 0 N–H and O–H groups in total. The summed E-state index contributed by atoms with van der Waals surface area (Å²) < 4.78 is 0. The molecule has 55 heavy (non-hydrogen) atoms. The molecule has 0 saturated heterocycles. The van der Waals surface area contributed by atoms with Gasteiger partial charge in [0, 0.05) is 34.5 Å². The Morgan fingerprint density at radius 2 is 1.04 bits per heavy atom. The number of benzene rings is 7. The molecule has 0 fully saturated rings. The highest BCUT2D eigenvalue weighted by molar-refractivity contribution is 6.13. The summed E-state index contributed by atoms with van der Waals surface area (Å²) in [5.41, 5.74) is 12.2. The first-order chi connectivity index (χ1) is 26.9. The number of fused-ring (bicyclic) bond motifs is 6. The molecule has 1 aliphatic carbocycles. The SMILES string of the molecule is CC1(C)c2cc(C#N)ccc2-c2ccc(-c3cc(-c4ccncc4)cc(-c4nc(-c5ccccc5)nc(-c5cc6ccccc6c6ccccc56)n4)c3)cc21. The fourth-order valence-electron chi connectivity index (χ4n) is 8.20. The molecule has 5 heteroatoms. The second kappa shape index (κ2) is 12.7. The van der Waals surface area contributed by atoms with Gasteiger partial charge in [-0.3, -0.25) is 4.98 Å². The van der Waals surface area contributed by atoms with Gasteiger partial charge in [-0.1, -0.05) is 111 Å². The predicted octanol–water partition coefficient (Wildman–Crippen LogP) is 12.1. The van der Waals surface area contributed by atoms with E-state index in [1.807, 2.05) is 67.0 Å². The Balaban J connectivity index is 1.20. The number of hydrogen-bond donors (Lipinski definition) is 0. The van der Waals surface area contributed by atoms with Crippen molar-refractivity contribution in [1.29, 1.82) is 5.26 Å². The third-order valence-corrected chi connectivity index (χ3v) is 11.0. The summed E-state index contributed by atoms with van der Waals surface area (Å²) in [6.07, 6.45) is 3.65. The molecule has 0 spiro atoms. The zero-order valence-electron chi connectivity index (χ0n) is 30.3. The van der Waals surface area contributed by atoms with E-state index in [2.05, 4.69) is 122 Å². The maximum Gasteiger partial charge on any atom is 0.164 e. The molecule has 0 bridgehead atoms. The Hall–Kier alpha value is -7.29. The van der Waals surface area contributed by atoms with E-state index < -0.39 is 0 Å². The lowest BCUT2D eigenvalue weighted by Crippen LogP contribution is -2.15. The lowest BCUT2D eigenvalue weighted by molar-refractivity contribution is 0.660. The summed E-state index contributed by atoms with van der Waals surface area (Å²) in [4.78, 5) is 19.9. The summed E-state index contributed by atoms with van der Waals surface area (Å²) in [5, 5.41) is 14.2. The number of nitriles is 1. The quantitative estimate of drug-likeness (QED) is 0.167. The first-order valence-corrected chi connectivity index (χ1v) is 18.4. The van der Waals surface area contributed by atoms with Crippen molar-refractivity contribution in [1.82, 2.24) is 19.9 Å². The molecule has 0 aliphatic heterocycles. The Morgan fingerprint density at radius 1 is 0.436 bits per heavy atom. The molecular formula is C50H33N5. The first kappa shape index (κ1) is 32.4. The second-order valence-electron chi connectivity index (χ2n) is 14.7. The minimum atomic E-state index is -0.268. The van der Waals surface area contributed by atoms with Crippen LogP contribution in [-0.2, 0) is 5.41 Å². The molecule has 0 amide bonds. The Bertz CT molecular complexity index is 3020. The standard InChI is InChI=1S/C50H33N5/c1-50(2)45-24-31(30-51)16-18-42(45)43-19-17-34(29-46(43)50)37-25-36(32-20-22-52-23-21-32)26-38(27-37)48-53-47(33-10-4-3-5-11-33)54-49(55-48)44-28-35-12-6-7-13-39(35)40-14-8-9-15-41(40)44/h3-29H,1-2H3. The van der Waals surface area contributed by atoms with Crippen molar-refractivity contribution in [3.8, 4) is 73.6 Å². The van der Waals surface area contributed by atoms with E-state index in [0.29, 0.717) is 23.0 Å². The van der Waals surface area contributed by atoms with E-state index in [9.17, 15) is 5.26 Å². The van der Waals surface area contributed by atoms with Gasteiger partial charge < -0.3 is 0 Å². The van der Waals surface area contributed by atoms with Crippen LogP contribution in [-0.4, -0.2) is 19.9 Å². The van der Waals surface area contributed by atoms with Crippen molar-refractivity contribution in [3.63, 3.8) is 0 Å². The van der Waals surface area contributed by atoms with Crippen LogP contribution in [0.2, 0.25) is 0 Å². The van der Waals surface area contributed by atoms with E-state index in [1.165, 1.54) is 27.6 Å².